The van der Waals surface area contributed by atoms with E-state index in [1.54, 1.807) is 13.8 Å². The molecule has 0 spiro atoms. The van der Waals surface area contributed by atoms with Crippen molar-refractivity contribution in [3.8, 4) is 0 Å². The lowest BCUT2D eigenvalue weighted by Crippen LogP contribution is -2.53. The van der Waals surface area contributed by atoms with E-state index in [1.165, 1.54) is 0 Å². The minimum Gasteiger partial charge on any atom is -0.352 e. The molecule has 2 amide bonds. The molecular weight excluding hydrogens is 320 g/mol. The van der Waals surface area contributed by atoms with E-state index in [2.05, 4.69) is 30.7 Å². The Labute approximate surface area is 151 Å². The van der Waals surface area contributed by atoms with Crippen molar-refractivity contribution in [2.75, 3.05) is 26.3 Å². The third kappa shape index (κ3) is 5.97. The van der Waals surface area contributed by atoms with Gasteiger partial charge in [-0.1, -0.05) is 33.9 Å². The fraction of sp³-hybridized carbons (Fsp3) is 0.684. The van der Waals surface area contributed by atoms with Gasteiger partial charge in [0.1, 0.15) is 0 Å². The van der Waals surface area contributed by atoms with Crippen molar-refractivity contribution >= 4 is 11.8 Å². The molecule has 25 heavy (non-hydrogen) atoms. The van der Waals surface area contributed by atoms with Gasteiger partial charge < -0.3 is 20.1 Å². The summed E-state index contributed by atoms with van der Waals surface area (Å²) in [4.78, 5) is 23.4. The van der Waals surface area contributed by atoms with Gasteiger partial charge in [0, 0.05) is 35.1 Å². The maximum atomic E-state index is 11.7. The van der Waals surface area contributed by atoms with E-state index in [4.69, 9.17) is 9.47 Å². The fourth-order valence-corrected chi connectivity index (χ4v) is 2.44. The zero-order chi connectivity index (χ0) is 19.3. The molecule has 0 aromatic carbocycles. The van der Waals surface area contributed by atoms with Crippen LogP contribution >= 0.6 is 0 Å². The van der Waals surface area contributed by atoms with Gasteiger partial charge in [0.25, 0.3) is 0 Å². The highest BCUT2D eigenvalue weighted by Crippen LogP contribution is 2.34. The van der Waals surface area contributed by atoms with Gasteiger partial charge in [-0.15, -0.1) is 0 Å². The SMILES string of the molecule is C=C(C)C(=O)NCC1(CC)COC(C(C)(C)CNC(=O)C(=C)C)OC1. The van der Waals surface area contributed by atoms with Gasteiger partial charge in [0.15, 0.2) is 6.29 Å². The fourth-order valence-electron chi connectivity index (χ4n) is 2.44. The van der Waals surface area contributed by atoms with Crippen molar-refractivity contribution in [2.24, 2.45) is 10.8 Å². The van der Waals surface area contributed by atoms with Crippen LogP contribution < -0.4 is 10.6 Å². The summed E-state index contributed by atoms with van der Waals surface area (Å²) in [6, 6.07) is 0. The first-order valence-corrected chi connectivity index (χ1v) is 8.63. The molecule has 1 aliphatic rings. The summed E-state index contributed by atoms with van der Waals surface area (Å²) < 4.78 is 11.9. The average molecular weight is 352 g/mol. The minimum atomic E-state index is -0.422. The number of hydrogen-bond donors (Lipinski definition) is 2. The molecule has 0 aromatic rings. The first-order chi connectivity index (χ1) is 11.5. The predicted molar refractivity (Wildman–Crippen MR) is 97.8 cm³/mol. The Morgan fingerprint density at radius 1 is 1.08 bits per heavy atom. The second kappa shape index (κ2) is 8.63. The molecule has 0 unspecified atom stereocenters. The third-order valence-electron chi connectivity index (χ3n) is 4.57. The number of ether oxygens (including phenoxy) is 2. The van der Waals surface area contributed by atoms with Gasteiger partial charge in [0.05, 0.1) is 13.2 Å². The predicted octanol–water partition coefficient (Wildman–Crippen LogP) is 2.17. The Morgan fingerprint density at radius 3 is 2.00 bits per heavy atom. The molecule has 6 heteroatoms. The van der Waals surface area contributed by atoms with Crippen LogP contribution in [0, 0.1) is 10.8 Å². The number of hydrogen-bond acceptors (Lipinski definition) is 4. The van der Waals surface area contributed by atoms with Gasteiger partial charge in [-0.05, 0) is 20.3 Å². The van der Waals surface area contributed by atoms with Crippen LogP contribution in [0.25, 0.3) is 0 Å². The lowest BCUT2D eigenvalue weighted by atomic mass is 9.84. The highest BCUT2D eigenvalue weighted by molar-refractivity contribution is 5.92. The number of carbonyl (C=O) groups excluding carboxylic acids is 2. The Morgan fingerprint density at radius 2 is 1.56 bits per heavy atom. The van der Waals surface area contributed by atoms with Gasteiger partial charge in [-0.2, -0.15) is 0 Å². The summed E-state index contributed by atoms with van der Waals surface area (Å²) in [5.41, 5.74) is 0.320. The molecule has 0 saturated carbocycles. The molecule has 1 saturated heterocycles. The van der Waals surface area contributed by atoms with Crippen LogP contribution in [0.15, 0.2) is 24.3 Å². The van der Waals surface area contributed by atoms with Crippen LogP contribution in [0.2, 0.25) is 0 Å². The van der Waals surface area contributed by atoms with E-state index in [0.717, 1.165) is 6.42 Å². The topological polar surface area (TPSA) is 76.7 Å². The summed E-state index contributed by atoms with van der Waals surface area (Å²) in [5.74, 6) is -0.327. The Balaban J connectivity index is 2.59. The molecule has 0 atom stereocenters. The van der Waals surface area contributed by atoms with Crippen LogP contribution in [0.5, 0.6) is 0 Å². The molecule has 1 heterocycles. The second-order valence-corrected chi connectivity index (χ2v) is 7.72. The zero-order valence-corrected chi connectivity index (χ0v) is 16.2. The standard InChI is InChI=1S/C19H32N2O4/c1-8-19(10-21-16(23)14(4)5)11-24-17(25-12-19)18(6,7)9-20-15(22)13(2)3/h17H,2,4,8-12H2,1,3,5-7H3,(H,20,22)(H,21,23). The molecule has 1 rings (SSSR count). The van der Waals surface area contributed by atoms with E-state index >= 15 is 0 Å². The Bertz CT molecular complexity index is 532. The van der Waals surface area contributed by atoms with E-state index in [-0.39, 0.29) is 22.6 Å². The second-order valence-electron chi connectivity index (χ2n) is 7.72. The lowest BCUT2D eigenvalue weighted by Gasteiger charge is -2.44. The molecule has 6 nitrogen and oxygen atoms in total. The van der Waals surface area contributed by atoms with Gasteiger partial charge in [-0.3, -0.25) is 9.59 Å². The molecule has 142 valence electrons. The van der Waals surface area contributed by atoms with Crippen LogP contribution in [-0.4, -0.2) is 44.4 Å². The Hall–Kier alpha value is -1.66. The molecule has 2 N–H and O–H groups in total. The average Bonchev–Trinajstić information content (AvgIpc) is 2.57. The van der Waals surface area contributed by atoms with Gasteiger partial charge >= 0.3 is 0 Å². The summed E-state index contributed by atoms with van der Waals surface area (Å²) in [7, 11) is 0. The van der Waals surface area contributed by atoms with Crippen LogP contribution in [0.1, 0.15) is 41.0 Å². The molecular formula is C19H32N2O4. The lowest BCUT2D eigenvalue weighted by molar-refractivity contribution is -0.267. The van der Waals surface area contributed by atoms with E-state index in [1.807, 2.05) is 13.8 Å². The highest BCUT2D eigenvalue weighted by atomic mass is 16.7. The van der Waals surface area contributed by atoms with Crippen molar-refractivity contribution in [1.82, 2.24) is 10.6 Å². The van der Waals surface area contributed by atoms with E-state index in [0.29, 0.717) is 37.4 Å². The third-order valence-corrected chi connectivity index (χ3v) is 4.57. The van der Waals surface area contributed by atoms with E-state index in [9.17, 15) is 9.59 Å². The maximum absolute atomic E-state index is 11.7. The quantitative estimate of drug-likeness (QED) is 0.657. The molecule has 0 radical (unpaired) electrons. The first kappa shape index (κ1) is 21.4. The molecule has 0 aliphatic carbocycles. The van der Waals surface area contributed by atoms with Gasteiger partial charge in [-0.25, -0.2) is 0 Å². The normalized spacial score (nSPS) is 23.6. The van der Waals surface area contributed by atoms with Crippen molar-refractivity contribution in [2.45, 2.75) is 47.3 Å². The smallest absolute Gasteiger partial charge is 0.246 e. The monoisotopic (exact) mass is 352 g/mol. The summed E-state index contributed by atoms with van der Waals surface area (Å²) in [6.45, 7) is 18.5. The van der Waals surface area contributed by atoms with Crippen molar-refractivity contribution in [1.29, 1.82) is 0 Å². The number of rotatable bonds is 8. The van der Waals surface area contributed by atoms with Crippen molar-refractivity contribution in [3.63, 3.8) is 0 Å². The molecule has 1 fully saturated rings. The minimum absolute atomic E-state index is 0.155. The summed E-state index contributed by atoms with van der Waals surface area (Å²) in [5, 5.41) is 5.73. The zero-order valence-electron chi connectivity index (χ0n) is 16.2. The van der Waals surface area contributed by atoms with Crippen molar-refractivity contribution in [3.05, 3.63) is 24.3 Å². The highest BCUT2D eigenvalue weighted by Gasteiger charge is 2.41. The summed E-state index contributed by atoms with van der Waals surface area (Å²) >= 11 is 0. The van der Waals surface area contributed by atoms with Crippen LogP contribution in [-0.2, 0) is 19.1 Å². The van der Waals surface area contributed by atoms with Crippen LogP contribution in [0.3, 0.4) is 0 Å². The number of amides is 2. The summed E-state index contributed by atoms with van der Waals surface area (Å²) in [6.07, 6.45) is 0.401. The maximum Gasteiger partial charge on any atom is 0.246 e. The Kier molecular flexibility index (Phi) is 7.38. The first-order valence-electron chi connectivity index (χ1n) is 8.63. The van der Waals surface area contributed by atoms with Crippen molar-refractivity contribution < 1.29 is 19.1 Å². The van der Waals surface area contributed by atoms with Gasteiger partial charge in [0.2, 0.25) is 11.8 Å². The number of carbonyl (C=O) groups is 2. The molecule has 0 bridgehead atoms. The largest absolute Gasteiger partial charge is 0.352 e. The molecule has 1 aliphatic heterocycles. The van der Waals surface area contributed by atoms with E-state index < -0.39 is 6.29 Å². The molecule has 0 aromatic heterocycles. The van der Waals surface area contributed by atoms with Crippen LogP contribution in [0.4, 0.5) is 0 Å². The number of nitrogens with one attached hydrogen (secondary N) is 2.